The van der Waals surface area contributed by atoms with Crippen LogP contribution in [0.15, 0.2) is 29.3 Å². The molecular formula is C19H32N4O2. The number of methoxy groups -OCH3 is 1. The lowest BCUT2D eigenvalue weighted by Crippen LogP contribution is -2.39. The molecule has 1 aromatic carbocycles. The van der Waals surface area contributed by atoms with Gasteiger partial charge in [0.2, 0.25) is 0 Å². The molecule has 1 fully saturated rings. The number of morpholine rings is 1. The van der Waals surface area contributed by atoms with Gasteiger partial charge >= 0.3 is 0 Å². The summed E-state index contributed by atoms with van der Waals surface area (Å²) in [6.45, 7) is 9.51. The predicted molar refractivity (Wildman–Crippen MR) is 103 cm³/mol. The summed E-state index contributed by atoms with van der Waals surface area (Å²) in [4.78, 5) is 7.12. The second kappa shape index (κ2) is 11.7. The van der Waals surface area contributed by atoms with Crippen molar-refractivity contribution in [2.24, 2.45) is 4.99 Å². The molecule has 6 heteroatoms. The number of guanidine groups is 1. The van der Waals surface area contributed by atoms with Crippen LogP contribution in [0.4, 0.5) is 0 Å². The number of para-hydroxylation sites is 1. The lowest BCUT2D eigenvalue weighted by Gasteiger charge is -2.26. The Hall–Kier alpha value is -1.79. The van der Waals surface area contributed by atoms with Crippen LogP contribution in [0.5, 0.6) is 5.75 Å². The molecule has 0 atom stereocenters. The minimum atomic E-state index is 0.829. The molecule has 1 heterocycles. The van der Waals surface area contributed by atoms with E-state index < -0.39 is 0 Å². The van der Waals surface area contributed by atoms with E-state index in [2.05, 4.69) is 33.5 Å². The van der Waals surface area contributed by atoms with Crippen molar-refractivity contribution in [1.82, 2.24) is 15.5 Å². The lowest BCUT2D eigenvalue weighted by molar-refractivity contribution is 0.0377. The summed E-state index contributed by atoms with van der Waals surface area (Å²) in [5.41, 5.74) is 1.21. The standard InChI is InChI=1S/C19H32N4O2/c1-3-20-19(21-10-6-12-23-13-15-25-16-14-23)22-11-9-17-7-4-5-8-18(17)24-2/h4-5,7-8H,3,6,9-16H2,1-2H3,(H2,20,21,22). The summed E-state index contributed by atoms with van der Waals surface area (Å²) in [6, 6.07) is 8.14. The van der Waals surface area contributed by atoms with Crippen LogP contribution in [0, 0.1) is 0 Å². The maximum absolute atomic E-state index is 5.40. The maximum Gasteiger partial charge on any atom is 0.191 e. The molecule has 0 aliphatic carbocycles. The second-order valence-corrected chi connectivity index (χ2v) is 6.06. The average Bonchev–Trinajstić information content (AvgIpc) is 2.66. The van der Waals surface area contributed by atoms with Crippen LogP contribution in [0.25, 0.3) is 0 Å². The van der Waals surface area contributed by atoms with Crippen molar-refractivity contribution in [2.45, 2.75) is 19.8 Å². The van der Waals surface area contributed by atoms with Gasteiger partial charge in [-0.1, -0.05) is 18.2 Å². The summed E-state index contributed by atoms with van der Waals surface area (Å²) in [5.74, 6) is 1.83. The quantitative estimate of drug-likeness (QED) is 0.403. The smallest absolute Gasteiger partial charge is 0.191 e. The molecule has 0 amide bonds. The van der Waals surface area contributed by atoms with E-state index in [9.17, 15) is 0 Å². The van der Waals surface area contributed by atoms with Crippen LogP contribution < -0.4 is 15.4 Å². The van der Waals surface area contributed by atoms with Crippen molar-refractivity contribution in [1.29, 1.82) is 0 Å². The molecule has 0 radical (unpaired) electrons. The van der Waals surface area contributed by atoms with Gasteiger partial charge in [0.15, 0.2) is 5.96 Å². The Labute approximate surface area is 151 Å². The van der Waals surface area contributed by atoms with Gasteiger partial charge in [-0.3, -0.25) is 9.89 Å². The van der Waals surface area contributed by atoms with E-state index in [1.54, 1.807) is 7.11 Å². The van der Waals surface area contributed by atoms with E-state index in [0.717, 1.165) is 77.0 Å². The van der Waals surface area contributed by atoms with Crippen molar-refractivity contribution in [2.75, 3.05) is 59.6 Å². The van der Waals surface area contributed by atoms with Gasteiger partial charge in [-0.2, -0.15) is 0 Å². The second-order valence-electron chi connectivity index (χ2n) is 6.06. The highest BCUT2D eigenvalue weighted by Gasteiger charge is 2.09. The normalized spacial score (nSPS) is 15.8. The summed E-state index contributed by atoms with van der Waals surface area (Å²) >= 11 is 0. The molecule has 0 aromatic heterocycles. The maximum atomic E-state index is 5.40. The first-order valence-electron chi connectivity index (χ1n) is 9.27. The Morgan fingerprint density at radius 3 is 2.80 bits per heavy atom. The van der Waals surface area contributed by atoms with Crippen LogP contribution in [0.1, 0.15) is 18.9 Å². The van der Waals surface area contributed by atoms with Crippen LogP contribution in [-0.2, 0) is 11.2 Å². The molecule has 6 nitrogen and oxygen atoms in total. The zero-order chi connectivity index (χ0) is 17.7. The number of aliphatic imine (C=N–C) groups is 1. The number of nitrogens with one attached hydrogen (secondary N) is 2. The monoisotopic (exact) mass is 348 g/mol. The number of hydrogen-bond acceptors (Lipinski definition) is 4. The van der Waals surface area contributed by atoms with Crippen LogP contribution in [0.2, 0.25) is 0 Å². The summed E-state index contributed by atoms with van der Waals surface area (Å²) in [6.07, 6.45) is 1.98. The van der Waals surface area contributed by atoms with Gasteiger partial charge in [0.05, 0.1) is 20.3 Å². The molecule has 1 aliphatic heterocycles. The molecule has 0 bridgehead atoms. The number of ether oxygens (including phenoxy) is 2. The molecule has 0 saturated carbocycles. The van der Waals surface area contributed by atoms with Gasteiger partial charge in [0.1, 0.15) is 5.75 Å². The minimum Gasteiger partial charge on any atom is -0.496 e. The molecule has 2 rings (SSSR count). The Balaban J connectivity index is 1.71. The summed E-state index contributed by atoms with van der Waals surface area (Å²) in [5, 5.41) is 6.72. The van der Waals surface area contributed by atoms with E-state index in [0.29, 0.717) is 0 Å². The number of benzene rings is 1. The van der Waals surface area contributed by atoms with Gasteiger partial charge in [0, 0.05) is 39.3 Å². The van der Waals surface area contributed by atoms with Crippen molar-refractivity contribution < 1.29 is 9.47 Å². The zero-order valence-electron chi connectivity index (χ0n) is 15.6. The molecule has 0 unspecified atom stereocenters. The zero-order valence-corrected chi connectivity index (χ0v) is 15.6. The highest BCUT2D eigenvalue weighted by Crippen LogP contribution is 2.17. The van der Waals surface area contributed by atoms with E-state index in [-0.39, 0.29) is 0 Å². The SMILES string of the molecule is CCNC(=NCCCN1CCOCC1)NCCc1ccccc1OC. The molecule has 2 N–H and O–H groups in total. The molecule has 1 aromatic rings. The summed E-state index contributed by atoms with van der Waals surface area (Å²) < 4.78 is 10.8. The number of rotatable bonds is 9. The fraction of sp³-hybridized carbons (Fsp3) is 0.632. The van der Waals surface area contributed by atoms with Crippen molar-refractivity contribution in [3.8, 4) is 5.75 Å². The fourth-order valence-corrected chi connectivity index (χ4v) is 2.88. The predicted octanol–water partition coefficient (Wildman–Crippen LogP) is 1.52. The largest absolute Gasteiger partial charge is 0.496 e. The fourth-order valence-electron chi connectivity index (χ4n) is 2.88. The topological polar surface area (TPSA) is 58.1 Å². The third-order valence-electron chi connectivity index (χ3n) is 4.23. The third kappa shape index (κ3) is 7.32. The van der Waals surface area contributed by atoms with Gasteiger partial charge < -0.3 is 20.1 Å². The minimum absolute atomic E-state index is 0.829. The van der Waals surface area contributed by atoms with Gasteiger partial charge in [-0.25, -0.2) is 0 Å². The van der Waals surface area contributed by atoms with Crippen LogP contribution >= 0.6 is 0 Å². The molecule has 1 saturated heterocycles. The van der Waals surface area contributed by atoms with E-state index in [1.807, 2.05) is 18.2 Å². The Bertz CT molecular complexity index is 516. The van der Waals surface area contributed by atoms with Gasteiger partial charge in [-0.05, 0) is 31.4 Å². The molecule has 1 aliphatic rings. The van der Waals surface area contributed by atoms with Crippen LogP contribution in [0.3, 0.4) is 0 Å². The number of nitrogens with zero attached hydrogens (tertiary/aromatic N) is 2. The highest BCUT2D eigenvalue weighted by molar-refractivity contribution is 5.79. The van der Waals surface area contributed by atoms with E-state index in [1.165, 1.54) is 5.56 Å². The molecule has 140 valence electrons. The third-order valence-corrected chi connectivity index (χ3v) is 4.23. The first-order chi connectivity index (χ1) is 12.3. The first kappa shape index (κ1) is 19.5. The van der Waals surface area contributed by atoms with E-state index >= 15 is 0 Å². The van der Waals surface area contributed by atoms with Gasteiger partial charge in [0.25, 0.3) is 0 Å². The molecule has 0 spiro atoms. The van der Waals surface area contributed by atoms with E-state index in [4.69, 9.17) is 9.47 Å². The van der Waals surface area contributed by atoms with Crippen LogP contribution in [-0.4, -0.2) is 70.5 Å². The number of hydrogen-bond donors (Lipinski definition) is 2. The van der Waals surface area contributed by atoms with Crippen molar-refractivity contribution in [3.05, 3.63) is 29.8 Å². The molecule has 25 heavy (non-hydrogen) atoms. The lowest BCUT2D eigenvalue weighted by atomic mass is 10.1. The average molecular weight is 348 g/mol. The Morgan fingerprint density at radius 2 is 2.04 bits per heavy atom. The van der Waals surface area contributed by atoms with Crippen molar-refractivity contribution >= 4 is 5.96 Å². The Kier molecular flexibility index (Phi) is 9.15. The van der Waals surface area contributed by atoms with Crippen molar-refractivity contribution in [3.63, 3.8) is 0 Å². The Morgan fingerprint density at radius 1 is 1.24 bits per heavy atom. The highest BCUT2D eigenvalue weighted by atomic mass is 16.5. The molecular weight excluding hydrogens is 316 g/mol. The summed E-state index contributed by atoms with van der Waals surface area (Å²) in [7, 11) is 1.71. The van der Waals surface area contributed by atoms with Gasteiger partial charge in [-0.15, -0.1) is 0 Å². The first-order valence-corrected chi connectivity index (χ1v) is 9.27.